The summed E-state index contributed by atoms with van der Waals surface area (Å²) < 4.78 is 0. The molecule has 0 aliphatic carbocycles. The van der Waals surface area contributed by atoms with E-state index in [1.54, 1.807) is 12.4 Å². The van der Waals surface area contributed by atoms with Crippen molar-refractivity contribution in [2.45, 2.75) is 34.6 Å². The van der Waals surface area contributed by atoms with Gasteiger partial charge < -0.3 is 10.6 Å². The van der Waals surface area contributed by atoms with Gasteiger partial charge in [0.15, 0.2) is 0 Å². The zero-order valence-corrected chi connectivity index (χ0v) is 11.5. The molecular weight excluding hydrogens is 212 g/mol. The first kappa shape index (κ1) is 13.7. The molecule has 0 bridgehead atoms. The molecule has 0 aliphatic rings. The topological polar surface area (TPSA) is 49.8 Å². The van der Waals surface area contributed by atoms with Crippen LogP contribution in [0.3, 0.4) is 0 Å². The van der Waals surface area contributed by atoms with E-state index in [1.165, 1.54) is 0 Å². The molecule has 0 fully saturated rings. The van der Waals surface area contributed by atoms with Crippen LogP contribution in [0.1, 0.15) is 34.6 Å². The van der Waals surface area contributed by atoms with Gasteiger partial charge in [-0.1, -0.05) is 27.7 Å². The Hall–Kier alpha value is -1.32. The fraction of sp³-hybridized carbons (Fsp3) is 0.692. The number of rotatable bonds is 6. The van der Waals surface area contributed by atoms with Crippen LogP contribution >= 0.6 is 0 Å². The van der Waals surface area contributed by atoms with Gasteiger partial charge in [-0.25, -0.2) is 4.98 Å². The molecule has 0 radical (unpaired) electrons. The lowest BCUT2D eigenvalue weighted by Gasteiger charge is -2.29. The standard InChI is InChI=1S/C13H24N4/c1-6-15-11-7-14-8-12(17-11)16-9-13(4,5)10(2)3/h7-8,10H,6,9H2,1-5H3,(H2,15,16,17). The average Bonchev–Trinajstić information content (AvgIpc) is 2.27. The van der Waals surface area contributed by atoms with Gasteiger partial charge in [-0.05, 0) is 18.3 Å². The predicted octanol–water partition coefficient (Wildman–Crippen LogP) is 3.00. The summed E-state index contributed by atoms with van der Waals surface area (Å²) in [5, 5.41) is 6.51. The van der Waals surface area contributed by atoms with Gasteiger partial charge in [0.2, 0.25) is 0 Å². The van der Waals surface area contributed by atoms with E-state index < -0.39 is 0 Å². The Morgan fingerprint density at radius 1 is 1.18 bits per heavy atom. The second-order valence-electron chi connectivity index (χ2n) is 5.32. The summed E-state index contributed by atoms with van der Waals surface area (Å²) in [6.07, 6.45) is 3.50. The summed E-state index contributed by atoms with van der Waals surface area (Å²) in [6.45, 7) is 12.8. The molecule has 1 rings (SSSR count). The zero-order valence-electron chi connectivity index (χ0n) is 11.5. The Bertz CT molecular complexity index is 347. The summed E-state index contributed by atoms with van der Waals surface area (Å²) in [7, 11) is 0. The molecule has 0 saturated heterocycles. The molecule has 0 amide bonds. The molecule has 0 unspecified atom stereocenters. The molecule has 0 aliphatic heterocycles. The Morgan fingerprint density at radius 2 is 1.76 bits per heavy atom. The van der Waals surface area contributed by atoms with Crippen molar-refractivity contribution in [1.29, 1.82) is 0 Å². The zero-order chi connectivity index (χ0) is 12.9. The van der Waals surface area contributed by atoms with Crippen LogP contribution in [0.2, 0.25) is 0 Å². The Labute approximate surface area is 104 Å². The molecular formula is C13H24N4. The molecule has 2 N–H and O–H groups in total. The number of nitrogens with one attached hydrogen (secondary N) is 2. The van der Waals surface area contributed by atoms with Gasteiger partial charge in [-0.15, -0.1) is 0 Å². The van der Waals surface area contributed by atoms with Crippen molar-refractivity contribution in [3.05, 3.63) is 12.4 Å². The van der Waals surface area contributed by atoms with Gasteiger partial charge in [0, 0.05) is 13.1 Å². The van der Waals surface area contributed by atoms with E-state index in [9.17, 15) is 0 Å². The van der Waals surface area contributed by atoms with Gasteiger partial charge >= 0.3 is 0 Å². The molecule has 0 atom stereocenters. The molecule has 0 saturated carbocycles. The maximum Gasteiger partial charge on any atom is 0.146 e. The van der Waals surface area contributed by atoms with E-state index in [4.69, 9.17) is 0 Å². The minimum Gasteiger partial charge on any atom is -0.369 e. The van der Waals surface area contributed by atoms with Crippen molar-refractivity contribution in [3.8, 4) is 0 Å². The summed E-state index contributed by atoms with van der Waals surface area (Å²) in [4.78, 5) is 8.60. The molecule has 4 nitrogen and oxygen atoms in total. The van der Waals surface area contributed by atoms with Crippen molar-refractivity contribution >= 4 is 11.6 Å². The second-order valence-corrected chi connectivity index (χ2v) is 5.32. The molecule has 96 valence electrons. The lowest BCUT2D eigenvalue weighted by molar-refractivity contribution is 0.269. The fourth-order valence-electron chi connectivity index (χ4n) is 1.24. The smallest absolute Gasteiger partial charge is 0.146 e. The molecule has 1 heterocycles. The normalized spacial score (nSPS) is 11.6. The summed E-state index contributed by atoms with van der Waals surface area (Å²) in [5.41, 5.74) is 0.246. The third kappa shape index (κ3) is 4.21. The highest BCUT2D eigenvalue weighted by molar-refractivity contribution is 5.41. The number of aromatic nitrogens is 2. The Balaban J connectivity index is 2.60. The van der Waals surface area contributed by atoms with Crippen LogP contribution in [-0.2, 0) is 0 Å². The molecule has 0 spiro atoms. The Morgan fingerprint density at radius 3 is 2.29 bits per heavy atom. The SMILES string of the molecule is CCNc1cncc(NCC(C)(C)C(C)C)n1. The van der Waals surface area contributed by atoms with Gasteiger partial charge in [0.05, 0.1) is 12.4 Å². The first-order valence-electron chi connectivity index (χ1n) is 6.25. The second kappa shape index (κ2) is 5.84. The summed E-state index contributed by atoms with van der Waals surface area (Å²) in [6, 6.07) is 0. The van der Waals surface area contributed by atoms with Crippen molar-refractivity contribution in [2.24, 2.45) is 11.3 Å². The number of anilines is 2. The van der Waals surface area contributed by atoms with Gasteiger partial charge in [0.1, 0.15) is 11.6 Å². The number of nitrogens with zero attached hydrogens (tertiary/aromatic N) is 2. The largest absolute Gasteiger partial charge is 0.369 e. The third-order valence-electron chi connectivity index (χ3n) is 3.28. The van der Waals surface area contributed by atoms with Crippen LogP contribution < -0.4 is 10.6 Å². The first-order chi connectivity index (χ1) is 7.95. The quantitative estimate of drug-likeness (QED) is 0.797. The maximum absolute atomic E-state index is 4.44. The fourth-order valence-corrected chi connectivity index (χ4v) is 1.24. The summed E-state index contributed by atoms with van der Waals surface area (Å²) >= 11 is 0. The third-order valence-corrected chi connectivity index (χ3v) is 3.28. The molecule has 1 aromatic heterocycles. The van der Waals surface area contributed by atoms with Crippen LogP contribution in [0.5, 0.6) is 0 Å². The van der Waals surface area contributed by atoms with E-state index in [2.05, 4.69) is 48.3 Å². The van der Waals surface area contributed by atoms with Crippen molar-refractivity contribution < 1.29 is 0 Å². The van der Waals surface area contributed by atoms with Crippen LogP contribution in [0.25, 0.3) is 0 Å². The maximum atomic E-state index is 4.44. The van der Waals surface area contributed by atoms with Crippen molar-refractivity contribution in [1.82, 2.24) is 9.97 Å². The van der Waals surface area contributed by atoms with Crippen LogP contribution in [0.15, 0.2) is 12.4 Å². The highest BCUT2D eigenvalue weighted by atomic mass is 15.1. The Kier molecular flexibility index (Phi) is 4.73. The van der Waals surface area contributed by atoms with Crippen molar-refractivity contribution in [2.75, 3.05) is 23.7 Å². The van der Waals surface area contributed by atoms with Crippen LogP contribution in [0.4, 0.5) is 11.6 Å². The monoisotopic (exact) mass is 236 g/mol. The molecule has 1 aromatic rings. The van der Waals surface area contributed by atoms with Crippen molar-refractivity contribution in [3.63, 3.8) is 0 Å². The number of hydrogen-bond acceptors (Lipinski definition) is 4. The van der Waals surface area contributed by atoms with E-state index in [-0.39, 0.29) is 5.41 Å². The molecule has 0 aromatic carbocycles. The highest BCUT2D eigenvalue weighted by Gasteiger charge is 2.21. The van der Waals surface area contributed by atoms with E-state index >= 15 is 0 Å². The average molecular weight is 236 g/mol. The first-order valence-corrected chi connectivity index (χ1v) is 6.25. The van der Waals surface area contributed by atoms with Crippen LogP contribution in [0, 0.1) is 11.3 Å². The summed E-state index contributed by atoms with van der Waals surface area (Å²) in [5.74, 6) is 2.27. The molecule has 17 heavy (non-hydrogen) atoms. The van der Waals surface area contributed by atoms with E-state index in [0.717, 1.165) is 24.7 Å². The van der Waals surface area contributed by atoms with Gasteiger partial charge in [-0.3, -0.25) is 4.98 Å². The highest BCUT2D eigenvalue weighted by Crippen LogP contribution is 2.26. The minimum atomic E-state index is 0.246. The van der Waals surface area contributed by atoms with Crippen LogP contribution in [-0.4, -0.2) is 23.1 Å². The molecule has 4 heteroatoms. The van der Waals surface area contributed by atoms with Gasteiger partial charge in [0.25, 0.3) is 0 Å². The van der Waals surface area contributed by atoms with E-state index in [0.29, 0.717) is 5.92 Å². The van der Waals surface area contributed by atoms with E-state index in [1.807, 2.05) is 6.92 Å². The van der Waals surface area contributed by atoms with Gasteiger partial charge in [-0.2, -0.15) is 0 Å². The lowest BCUT2D eigenvalue weighted by Crippen LogP contribution is -2.28. The lowest BCUT2D eigenvalue weighted by atomic mass is 9.81. The minimum absolute atomic E-state index is 0.246. The number of hydrogen-bond donors (Lipinski definition) is 2. The predicted molar refractivity (Wildman–Crippen MR) is 73.3 cm³/mol.